The van der Waals surface area contributed by atoms with Crippen LogP contribution in [0.3, 0.4) is 0 Å². The summed E-state index contributed by atoms with van der Waals surface area (Å²) < 4.78 is -8.78. The second kappa shape index (κ2) is 8.20. The molecule has 0 bridgehead atoms. The van der Waals surface area contributed by atoms with Crippen molar-refractivity contribution >= 4 is 21.9 Å². The molecule has 5 N–H and O–H groups in total. The van der Waals surface area contributed by atoms with Crippen LogP contribution >= 0.6 is 0 Å². The van der Waals surface area contributed by atoms with Gasteiger partial charge in [0.2, 0.25) is 0 Å². The van der Waals surface area contributed by atoms with Crippen LogP contribution in [-0.2, 0) is 37.6 Å². The molecule has 0 heterocycles. The van der Waals surface area contributed by atoms with E-state index in [2.05, 4.69) is 0 Å². The van der Waals surface area contributed by atoms with E-state index in [0.29, 0.717) is 0 Å². The molecule has 0 rings (SSSR count). The maximum atomic E-state index is 13.0. The molecule has 0 saturated carbocycles. The van der Waals surface area contributed by atoms with Crippen LogP contribution in [0.2, 0.25) is 0 Å². The third-order valence-corrected chi connectivity index (χ3v) is 26.6. The summed E-state index contributed by atoms with van der Waals surface area (Å²) in [5.41, 5.74) is 0. The predicted molar refractivity (Wildman–Crippen MR) is 83.4 cm³/mol. The summed E-state index contributed by atoms with van der Waals surface area (Å²) in [5, 5.41) is 49.1. The van der Waals surface area contributed by atoms with Crippen LogP contribution < -0.4 is 0 Å². The minimum atomic E-state index is -8.02. The molecular weight excluding hydrogens is 406 g/mol. The molecule has 0 amide bonds. The third-order valence-electron chi connectivity index (χ3n) is 5.81. The predicted octanol–water partition coefficient (Wildman–Crippen LogP) is -2.79. The number of carbonyl (C=O) groups is 5. The number of hydrogen-bond acceptors (Lipinski definition) is 10. The van der Waals surface area contributed by atoms with Crippen molar-refractivity contribution < 1.29 is 63.1 Å². The van der Waals surface area contributed by atoms with Gasteiger partial charge in [0, 0.05) is 0 Å². The fraction of sp³-hybridized carbons (Fsp3) is 0.667. The fourth-order valence-corrected chi connectivity index (χ4v) is 24.3. The van der Waals surface area contributed by atoms with Crippen molar-refractivity contribution in [3.63, 3.8) is 0 Å². The Morgan fingerprint density at radius 3 is 0.654 bits per heavy atom. The maximum absolute atomic E-state index is 13.0. The van der Waals surface area contributed by atoms with Gasteiger partial charge in [0.15, 0.2) is 0 Å². The zero-order valence-electron chi connectivity index (χ0n) is 15.4. The molecule has 10 nitrogen and oxygen atoms in total. The van der Waals surface area contributed by atoms with Gasteiger partial charge in [-0.25, -0.2) is 0 Å². The molecule has 147 valence electrons. The molecule has 0 aliphatic carbocycles. The fourth-order valence-electron chi connectivity index (χ4n) is 4.67. The molecule has 26 heavy (non-hydrogen) atoms. The van der Waals surface area contributed by atoms with Gasteiger partial charge >= 0.3 is 150 Å². The summed E-state index contributed by atoms with van der Waals surface area (Å²) in [6.07, 6.45) is -10.9. The van der Waals surface area contributed by atoms with Crippen molar-refractivity contribution in [1.82, 2.24) is 0 Å². The second-order valence-electron chi connectivity index (χ2n) is 7.48. The Kier molecular flexibility index (Phi) is 7.81. The first-order valence-corrected chi connectivity index (χ1v) is 15.8. The van der Waals surface area contributed by atoms with E-state index in [9.17, 15) is 49.5 Å². The molecular formula is C15H25O10Zn. The molecule has 0 aromatic carbocycles. The van der Waals surface area contributed by atoms with Gasteiger partial charge in [-0.2, -0.15) is 0 Å². The number of aliphatic hydroxyl groups excluding tert-OH is 5. The molecule has 0 spiro atoms. The van der Waals surface area contributed by atoms with E-state index in [0.717, 1.165) is 34.6 Å². The molecule has 5 atom stereocenters. The summed E-state index contributed by atoms with van der Waals surface area (Å²) in [6.45, 7) is 3.99. The Morgan fingerprint density at radius 2 is 0.577 bits per heavy atom. The van der Waals surface area contributed by atoms with Crippen LogP contribution in [0, 0.1) is 0 Å². The Balaban J connectivity index is 7.88. The minimum absolute atomic E-state index is 0.798. The van der Waals surface area contributed by atoms with E-state index in [-0.39, 0.29) is 0 Å². The quantitative estimate of drug-likeness (QED) is 0.227. The van der Waals surface area contributed by atoms with E-state index in [1.54, 1.807) is 0 Å². The average Bonchev–Trinajstić information content (AvgIpc) is 2.54. The van der Waals surface area contributed by atoms with Gasteiger partial charge < -0.3 is 0 Å². The Morgan fingerprint density at radius 1 is 0.462 bits per heavy atom. The van der Waals surface area contributed by atoms with Crippen LogP contribution in [0.5, 0.6) is 0 Å². The average molecular weight is 431 g/mol. The molecule has 0 aromatic rings. The van der Waals surface area contributed by atoms with E-state index in [1.807, 2.05) is 0 Å². The summed E-state index contributed by atoms with van der Waals surface area (Å²) in [6, 6.07) is 0. The molecule has 0 radical (unpaired) electrons. The number of rotatable bonds is 10. The monoisotopic (exact) mass is 429 g/mol. The Bertz CT molecular complexity index is 499. The van der Waals surface area contributed by atoms with Gasteiger partial charge in [-0.05, 0) is 0 Å². The first-order chi connectivity index (χ1) is 11.6. The third kappa shape index (κ3) is 3.13. The van der Waals surface area contributed by atoms with Gasteiger partial charge in [-0.1, -0.05) is 0 Å². The van der Waals surface area contributed by atoms with Crippen molar-refractivity contribution in [2.75, 3.05) is 0 Å². The van der Waals surface area contributed by atoms with Gasteiger partial charge in [0.05, 0.1) is 0 Å². The van der Waals surface area contributed by atoms with Crippen LogP contribution in [0.25, 0.3) is 0 Å². The van der Waals surface area contributed by atoms with Crippen LogP contribution in [-0.4, -0.2) is 77.9 Å². The van der Waals surface area contributed by atoms with E-state index >= 15 is 0 Å². The summed E-state index contributed by atoms with van der Waals surface area (Å²) in [7, 11) is 0. The molecule has 5 unspecified atom stereocenters. The second-order valence-corrected chi connectivity index (χ2v) is 22.2. The van der Waals surface area contributed by atoms with Crippen LogP contribution in [0.15, 0.2) is 0 Å². The summed E-state index contributed by atoms with van der Waals surface area (Å²) >= 11 is -8.02. The van der Waals surface area contributed by atoms with Gasteiger partial charge in [0.1, 0.15) is 0 Å². The molecule has 0 aliphatic rings. The van der Waals surface area contributed by atoms with Crippen molar-refractivity contribution in [2.45, 2.75) is 65.1 Å². The van der Waals surface area contributed by atoms with E-state index < -0.39 is 66.0 Å². The first-order valence-electron chi connectivity index (χ1n) is 8.41. The van der Waals surface area contributed by atoms with Gasteiger partial charge in [-0.15, -0.1) is 0 Å². The number of hydrogen-bond donors (Lipinski definition) is 5. The first kappa shape index (κ1) is 24.8. The molecule has 0 saturated heterocycles. The normalized spacial score (nSPS) is 18.3. The van der Waals surface area contributed by atoms with Crippen molar-refractivity contribution in [2.24, 2.45) is 0 Å². The number of aliphatic hydroxyl groups is 5. The zero-order valence-corrected chi connectivity index (χ0v) is 18.3. The molecule has 0 fully saturated rings. The topological polar surface area (TPSA) is 186 Å². The molecule has 0 aliphatic heterocycles. The summed E-state index contributed by atoms with van der Waals surface area (Å²) in [4.78, 5) is 64.9. The molecule has 11 heteroatoms. The van der Waals surface area contributed by atoms with E-state index in [4.69, 9.17) is 0 Å². The van der Waals surface area contributed by atoms with Gasteiger partial charge in [-0.3, -0.25) is 0 Å². The van der Waals surface area contributed by atoms with Crippen LogP contribution in [0.1, 0.15) is 34.6 Å². The van der Waals surface area contributed by atoms with Gasteiger partial charge in [0.25, 0.3) is 0 Å². The number of carbonyl (C=O) groups excluding carboxylic acids is 5. The van der Waals surface area contributed by atoms with Crippen LogP contribution in [0.4, 0.5) is 0 Å². The SMILES string of the molecule is CC(O)[C](=O)[Zn]([C](=O)C(C)O)([C](=O)C(C)O)([C](=O)C(C)O)[C](=O)C(C)O. The summed E-state index contributed by atoms with van der Waals surface area (Å²) in [5.74, 6) is 0. The Labute approximate surface area is 150 Å². The van der Waals surface area contributed by atoms with E-state index in [1.165, 1.54) is 0 Å². The zero-order chi connectivity index (χ0) is 21.2. The van der Waals surface area contributed by atoms with Crippen molar-refractivity contribution in [3.8, 4) is 0 Å². The Hall–Kier alpha value is -1.23. The van der Waals surface area contributed by atoms with Crippen molar-refractivity contribution in [1.29, 1.82) is 0 Å². The molecule has 0 aromatic heterocycles. The van der Waals surface area contributed by atoms with Crippen molar-refractivity contribution in [3.05, 3.63) is 0 Å². The standard InChI is InChI=1S/5C3H5O2.Zn/c5*1-3(5)2-4;/h5*3,5H,1H3;.